The number of halogens is 1. The van der Waals surface area contributed by atoms with Crippen molar-refractivity contribution in [2.24, 2.45) is 0 Å². The molecule has 0 heterocycles. The summed E-state index contributed by atoms with van der Waals surface area (Å²) in [7, 11) is -3.54. The minimum Gasteiger partial charge on any atom is -0.354 e. The van der Waals surface area contributed by atoms with Gasteiger partial charge < -0.3 is 5.32 Å². The molecule has 0 saturated heterocycles. The van der Waals surface area contributed by atoms with Crippen LogP contribution in [-0.2, 0) is 14.8 Å². The topological polar surface area (TPSA) is 66.5 Å². The van der Waals surface area contributed by atoms with Crippen LogP contribution in [0.25, 0.3) is 0 Å². The lowest BCUT2D eigenvalue weighted by atomic mass is 10.3. The fourth-order valence-corrected chi connectivity index (χ4v) is 5.40. The molecular weight excluding hydrogens is 412 g/mol. The van der Waals surface area contributed by atoms with E-state index >= 15 is 0 Å². The maximum atomic E-state index is 12.1. The van der Waals surface area contributed by atoms with Gasteiger partial charge in [0.05, 0.1) is 11.9 Å². The number of nitrogens with one attached hydrogen (secondary N) is 1. The second-order valence-corrected chi connectivity index (χ2v) is 10.0. The number of hydrogen-bond acceptors (Lipinski definition) is 4. The smallest absolute Gasteiger partial charge is 0.240 e. The van der Waals surface area contributed by atoms with Crippen LogP contribution in [-0.4, -0.2) is 44.7 Å². The number of carbonyl (C=O) groups is 1. The highest BCUT2D eigenvalue weighted by atomic mass is 79.9. The Morgan fingerprint density at radius 2 is 2.00 bits per heavy atom. The number of carbonyl (C=O) groups excluding carboxylic acids is 1. The molecule has 1 fully saturated rings. The summed E-state index contributed by atoms with van der Waals surface area (Å²) >= 11 is 5.23. The number of rotatable bonds is 8. The fraction of sp³-hybridized carbons (Fsp3) is 0.562. The molecule has 0 aliphatic heterocycles. The summed E-state index contributed by atoms with van der Waals surface area (Å²) in [5.74, 6) is 0.577. The number of nitrogens with zero attached hydrogens (tertiary/aromatic N) is 1. The zero-order valence-electron chi connectivity index (χ0n) is 13.7. The van der Waals surface area contributed by atoms with Gasteiger partial charge in [0.15, 0.2) is 0 Å². The summed E-state index contributed by atoms with van der Waals surface area (Å²) < 4.78 is 25.8. The van der Waals surface area contributed by atoms with Crippen molar-refractivity contribution in [3.8, 4) is 0 Å². The standard InChI is InChI=1S/C16H23BrN2O3S2/c1-24(21,22)19(15-9-5-4-8-14(15)17)12-16(20)18-10-11-23-13-6-2-3-7-13/h4-5,8-9,13H,2-3,6-7,10-12H2,1H3,(H,18,20). The molecule has 0 bridgehead atoms. The quantitative estimate of drug-likeness (QED) is 0.638. The van der Waals surface area contributed by atoms with Gasteiger partial charge in [-0.05, 0) is 40.9 Å². The van der Waals surface area contributed by atoms with Crippen molar-refractivity contribution in [1.29, 1.82) is 0 Å². The number of sulfonamides is 1. The molecule has 5 nitrogen and oxygen atoms in total. The maximum absolute atomic E-state index is 12.1. The summed E-state index contributed by atoms with van der Waals surface area (Å²) in [6.07, 6.45) is 6.25. The van der Waals surface area contributed by atoms with Crippen LogP contribution >= 0.6 is 27.7 Å². The van der Waals surface area contributed by atoms with Gasteiger partial charge in [0.2, 0.25) is 15.9 Å². The highest BCUT2D eigenvalue weighted by Gasteiger charge is 2.22. The van der Waals surface area contributed by atoms with E-state index in [-0.39, 0.29) is 12.5 Å². The van der Waals surface area contributed by atoms with Crippen molar-refractivity contribution in [2.45, 2.75) is 30.9 Å². The number of anilines is 1. The monoisotopic (exact) mass is 434 g/mol. The van der Waals surface area contributed by atoms with Crippen molar-refractivity contribution < 1.29 is 13.2 Å². The van der Waals surface area contributed by atoms with Crippen LogP contribution < -0.4 is 9.62 Å². The normalized spacial score (nSPS) is 15.4. The van der Waals surface area contributed by atoms with Crippen molar-refractivity contribution in [3.63, 3.8) is 0 Å². The van der Waals surface area contributed by atoms with E-state index in [9.17, 15) is 13.2 Å². The Hall–Kier alpha value is -0.730. The summed E-state index contributed by atoms with van der Waals surface area (Å²) in [6, 6.07) is 6.97. The fourth-order valence-electron chi connectivity index (χ4n) is 2.69. The Labute approximate surface area is 156 Å². The van der Waals surface area contributed by atoms with Crippen LogP contribution in [0, 0.1) is 0 Å². The molecule has 0 unspecified atom stereocenters. The third kappa shape index (κ3) is 5.97. The molecule has 0 spiro atoms. The van der Waals surface area contributed by atoms with E-state index in [4.69, 9.17) is 0 Å². The Bertz CT molecular complexity index is 661. The summed E-state index contributed by atoms with van der Waals surface area (Å²) in [5, 5.41) is 3.53. The van der Waals surface area contributed by atoms with Crippen LogP contribution in [0.15, 0.2) is 28.7 Å². The average molecular weight is 435 g/mol. The van der Waals surface area contributed by atoms with E-state index in [1.165, 1.54) is 25.7 Å². The van der Waals surface area contributed by atoms with Gasteiger partial charge in [-0.15, -0.1) is 0 Å². The van der Waals surface area contributed by atoms with Gasteiger partial charge in [0.25, 0.3) is 0 Å². The van der Waals surface area contributed by atoms with Crippen LogP contribution in [0.4, 0.5) is 5.69 Å². The Morgan fingerprint density at radius 1 is 1.33 bits per heavy atom. The molecular formula is C16H23BrN2O3S2. The second-order valence-electron chi connectivity index (χ2n) is 5.85. The molecule has 1 aromatic rings. The lowest BCUT2D eigenvalue weighted by Crippen LogP contribution is -2.41. The lowest BCUT2D eigenvalue weighted by Gasteiger charge is -2.23. The van der Waals surface area contributed by atoms with E-state index in [2.05, 4.69) is 21.2 Å². The van der Waals surface area contributed by atoms with Crippen LogP contribution in [0.5, 0.6) is 0 Å². The first-order valence-corrected chi connectivity index (χ1v) is 11.7. The Morgan fingerprint density at radius 3 is 2.62 bits per heavy atom. The number of amides is 1. The van der Waals surface area contributed by atoms with Gasteiger partial charge in [0.1, 0.15) is 6.54 Å². The van der Waals surface area contributed by atoms with Crippen LogP contribution in [0.1, 0.15) is 25.7 Å². The first-order chi connectivity index (χ1) is 11.4. The van der Waals surface area contributed by atoms with E-state index < -0.39 is 10.0 Å². The predicted octanol–water partition coefficient (Wildman–Crippen LogP) is 3.01. The Kier molecular flexibility index (Phi) is 7.43. The number of thioether (sulfide) groups is 1. The SMILES string of the molecule is CS(=O)(=O)N(CC(=O)NCCSC1CCCC1)c1ccccc1Br. The number of hydrogen-bond donors (Lipinski definition) is 1. The zero-order chi connectivity index (χ0) is 17.6. The van der Waals surface area contributed by atoms with Crippen molar-refractivity contribution in [3.05, 3.63) is 28.7 Å². The first kappa shape index (κ1) is 19.6. The first-order valence-electron chi connectivity index (χ1n) is 7.98. The van der Waals surface area contributed by atoms with Crippen LogP contribution in [0.3, 0.4) is 0 Å². The molecule has 24 heavy (non-hydrogen) atoms. The summed E-state index contributed by atoms with van der Waals surface area (Å²) in [4.78, 5) is 12.1. The van der Waals surface area contributed by atoms with Crippen LogP contribution in [0.2, 0.25) is 0 Å². The van der Waals surface area contributed by atoms with Gasteiger partial charge in [0, 0.05) is 22.0 Å². The molecule has 2 rings (SSSR count). The molecule has 134 valence electrons. The highest BCUT2D eigenvalue weighted by Crippen LogP contribution is 2.29. The largest absolute Gasteiger partial charge is 0.354 e. The zero-order valence-corrected chi connectivity index (χ0v) is 16.9. The third-order valence-corrected chi connectivity index (χ3v) is 7.07. The van der Waals surface area contributed by atoms with Gasteiger partial charge in [-0.2, -0.15) is 11.8 Å². The van der Waals surface area contributed by atoms with Crippen molar-refractivity contribution >= 4 is 49.3 Å². The predicted molar refractivity (Wildman–Crippen MR) is 104 cm³/mol. The molecule has 1 aromatic carbocycles. The van der Waals surface area contributed by atoms with E-state index in [1.807, 2.05) is 11.8 Å². The van der Waals surface area contributed by atoms with E-state index in [1.54, 1.807) is 24.3 Å². The van der Waals surface area contributed by atoms with E-state index in [0.717, 1.165) is 21.6 Å². The van der Waals surface area contributed by atoms with Gasteiger partial charge in [-0.25, -0.2) is 8.42 Å². The minimum atomic E-state index is -3.54. The molecule has 1 N–H and O–H groups in total. The molecule has 1 saturated carbocycles. The van der Waals surface area contributed by atoms with Crippen molar-refractivity contribution in [1.82, 2.24) is 5.32 Å². The number of para-hydroxylation sites is 1. The van der Waals surface area contributed by atoms with Gasteiger partial charge in [-0.3, -0.25) is 9.10 Å². The summed E-state index contributed by atoms with van der Waals surface area (Å²) in [5.41, 5.74) is 0.468. The van der Waals surface area contributed by atoms with Crippen molar-refractivity contribution in [2.75, 3.05) is 29.4 Å². The molecule has 1 aliphatic carbocycles. The van der Waals surface area contributed by atoms with Gasteiger partial charge in [-0.1, -0.05) is 25.0 Å². The third-order valence-electron chi connectivity index (χ3n) is 3.89. The second kappa shape index (κ2) is 9.10. The van der Waals surface area contributed by atoms with E-state index in [0.29, 0.717) is 16.7 Å². The molecule has 0 atom stereocenters. The average Bonchev–Trinajstić information content (AvgIpc) is 3.02. The molecule has 8 heteroatoms. The van der Waals surface area contributed by atoms with Gasteiger partial charge >= 0.3 is 0 Å². The highest BCUT2D eigenvalue weighted by molar-refractivity contribution is 9.10. The Balaban J connectivity index is 1.87. The summed E-state index contributed by atoms with van der Waals surface area (Å²) in [6.45, 7) is 0.350. The molecule has 0 radical (unpaired) electrons. The molecule has 0 aromatic heterocycles. The number of benzene rings is 1. The molecule has 1 amide bonds. The maximum Gasteiger partial charge on any atom is 0.240 e. The molecule has 1 aliphatic rings. The minimum absolute atomic E-state index is 0.213. The lowest BCUT2D eigenvalue weighted by molar-refractivity contribution is -0.119.